The molecule has 1 N–H and O–H groups in total. The summed E-state index contributed by atoms with van der Waals surface area (Å²) < 4.78 is 7.23. The molecule has 2 fully saturated rings. The van der Waals surface area contributed by atoms with Crippen molar-refractivity contribution in [2.24, 2.45) is 11.3 Å². The smallest absolute Gasteiger partial charge is 0.0603 e. The molecular weight excluding hydrogens is 326 g/mol. The number of rotatable bonds is 2. The highest BCUT2D eigenvalue weighted by Gasteiger charge is 2.45. The Labute approximate surface area is 136 Å². The van der Waals surface area contributed by atoms with Gasteiger partial charge in [0.25, 0.3) is 0 Å². The molecule has 0 saturated carbocycles. The van der Waals surface area contributed by atoms with E-state index in [1.54, 1.807) is 0 Å². The van der Waals surface area contributed by atoms with Crippen molar-refractivity contribution in [1.29, 1.82) is 0 Å². The lowest BCUT2D eigenvalue weighted by Crippen LogP contribution is -2.49. The maximum Gasteiger partial charge on any atom is 0.0603 e. The number of halogens is 1. The second-order valence-electron chi connectivity index (χ2n) is 7.03. The van der Waals surface area contributed by atoms with Crippen LogP contribution in [0.4, 0.5) is 0 Å². The van der Waals surface area contributed by atoms with E-state index in [0.717, 1.165) is 19.7 Å². The van der Waals surface area contributed by atoms with Gasteiger partial charge in [0.1, 0.15) is 0 Å². The predicted molar refractivity (Wildman–Crippen MR) is 90.6 cm³/mol. The second-order valence-corrected chi connectivity index (χ2v) is 7.95. The third-order valence-electron chi connectivity index (χ3n) is 5.42. The Morgan fingerprint density at radius 2 is 2.19 bits per heavy atom. The quantitative estimate of drug-likeness (QED) is 0.855. The molecule has 3 rings (SSSR count). The van der Waals surface area contributed by atoms with E-state index in [1.165, 1.54) is 29.3 Å². The summed E-state index contributed by atoms with van der Waals surface area (Å²) in [5.74, 6) is 1.22. The Morgan fingerprint density at radius 3 is 2.95 bits per heavy atom. The molecule has 0 aromatic heterocycles. The molecule has 116 valence electrons. The van der Waals surface area contributed by atoms with Gasteiger partial charge in [0, 0.05) is 23.5 Å². The summed E-state index contributed by atoms with van der Waals surface area (Å²) in [6.07, 6.45) is 4.11. The first-order valence-corrected chi connectivity index (χ1v) is 8.98. The number of ether oxygens (including phenoxy) is 1. The van der Waals surface area contributed by atoms with Crippen LogP contribution in [0, 0.1) is 11.3 Å². The molecule has 0 aliphatic carbocycles. The lowest BCUT2D eigenvalue weighted by atomic mass is 9.61. The normalized spacial score (nSPS) is 33.5. The average Bonchev–Trinajstić information content (AvgIpc) is 2.48. The van der Waals surface area contributed by atoms with Gasteiger partial charge in [-0.15, -0.1) is 0 Å². The van der Waals surface area contributed by atoms with E-state index in [4.69, 9.17) is 4.74 Å². The van der Waals surface area contributed by atoms with Gasteiger partial charge in [-0.25, -0.2) is 0 Å². The van der Waals surface area contributed by atoms with Crippen LogP contribution < -0.4 is 5.32 Å². The van der Waals surface area contributed by atoms with Crippen LogP contribution >= 0.6 is 15.9 Å². The molecule has 2 heterocycles. The van der Waals surface area contributed by atoms with Gasteiger partial charge in [0.05, 0.1) is 6.10 Å². The van der Waals surface area contributed by atoms with Crippen LogP contribution in [0.3, 0.4) is 0 Å². The van der Waals surface area contributed by atoms with E-state index in [9.17, 15) is 0 Å². The van der Waals surface area contributed by atoms with Crippen LogP contribution in [0.1, 0.15) is 44.6 Å². The van der Waals surface area contributed by atoms with Crippen LogP contribution in [0.15, 0.2) is 28.7 Å². The fraction of sp³-hybridized carbons (Fsp3) is 0.667. The fourth-order valence-corrected chi connectivity index (χ4v) is 4.53. The third-order valence-corrected chi connectivity index (χ3v) is 5.91. The molecule has 2 saturated heterocycles. The van der Waals surface area contributed by atoms with E-state index >= 15 is 0 Å². The van der Waals surface area contributed by atoms with Crippen molar-refractivity contribution in [2.45, 2.75) is 45.1 Å². The fourth-order valence-electron chi connectivity index (χ4n) is 4.12. The Bertz CT molecular complexity index is 486. The largest absolute Gasteiger partial charge is 0.378 e. The highest BCUT2D eigenvalue weighted by atomic mass is 79.9. The van der Waals surface area contributed by atoms with Crippen molar-refractivity contribution >= 4 is 15.9 Å². The second kappa shape index (κ2) is 6.39. The van der Waals surface area contributed by atoms with E-state index in [0.29, 0.717) is 23.4 Å². The number of hydrogen-bond donors (Lipinski definition) is 1. The van der Waals surface area contributed by atoms with E-state index in [-0.39, 0.29) is 0 Å². The van der Waals surface area contributed by atoms with Crippen molar-refractivity contribution in [1.82, 2.24) is 5.32 Å². The zero-order valence-corrected chi connectivity index (χ0v) is 14.7. The molecule has 2 nitrogen and oxygen atoms in total. The standard InChI is InChI=1S/C18H26BrNO/c1-13(2)17-11-18(7-9-21-17)6-8-20-12-16(18)14-4-3-5-15(19)10-14/h3-5,10,13,16-17,20H,6-9,11-12H2,1-2H3. The number of benzene rings is 1. The molecule has 2 aliphatic rings. The topological polar surface area (TPSA) is 21.3 Å². The minimum absolute atomic E-state index is 0.416. The van der Waals surface area contributed by atoms with Crippen molar-refractivity contribution in [3.8, 4) is 0 Å². The molecule has 0 amide bonds. The van der Waals surface area contributed by atoms with E-state index < -0.39 is 0 Å². The Morgan fingerprint density at radius 1 is 1.33 bits per heavy atom. The molecule has 1 aromatic rings. The molecule has 21 heavy (non-hydrogen) atoms. The maximum absolute atomic E-state index is 6.05. The van der Waals surface area contributed by atoms with Crippen LogP contribution in [0.5, 0.6) is 0 Å². The maximum atomic E-state index is 6.05. The van der Waals surface area contributed by atoms with Crippen molar-refractivity contribution in [3.05, 3.63) is 34.3 Å². The predicted octanol–water partition coefficient (Wildman–Crippen LogP) is 4.35. The lowest BCUT2D eigenvalue weighted by molar-refractivity contribution is -0.0862. The molecular formula is C18H26BrNO. The Kier molecular flexibility index (Phi) is 4.72. The molecule has 1 spiro atoms. The monoisotopic (exact) mass is 351 g/mol. The molecule has 3 heteroatoms. The van der Waals surface area contributed by atoms with Gasteiger partial charge < -0.3 is 10.1 Å². The number of hydrogen-bond acceptors (Lipinski definition) is 2. The number of nitrogens with one attached hydrogen (secondary N) is 1. The molecule has 0 bridgehead atoms. The molecule has 1 aromatic carbocycles. The van der Waals surface area contributed by atoms with Gasteiger partial charge in [-0.3, -0.25) is 0 Å². The summed E-state index contributed by atoms with van der Waals surface area (Å²) in [4.78, 5) is 0. The third kappa shape index (κ3) is 3.20. The van der Waals surface area contributed by atoms with Gasteiger partial charge in [-0.05, 0) is 54.8 Å². The first kappa shape index (κ1) is 15.5. The van der Waals surface area contributed by atoms with Crippen LogP contribution in [0.2, 0.25) is 0 Å². The molecule has 3 unspecified atom stereocenters. The number of piperidine rings is 1. The summed E-state index contributed by atoms with van der Waals surface area (Å²) in [6, 6.07) is 8.89. The van der Waals surface area contributed by atoms with Gasteiger partial charge in [-0.1, -0.05) is 41.9 Å². The van der Waals surface area contributed by atoms with Crippen LogP contribution in [-0.2, 0) is 4.74 Å². The highest BCUT2D eigenvalue weighted by Crippen LogP contribution is 2.50. The first-order valence-electron chi connectivity index (χ1n) is 8.18. The summed E-state index contributed by atoms with van der Waals surface area (Å²) in [5, 5.41) is 3.61. The Balaban J connectivity index is 1.90. The molecule has 0 radical (unpaired) electrons. The van der Waals surface area contributed by atoms with Crippen LogP contribution in [0.25, 0.3) is 0 Å². The average molecular weight is 352 g/mol. The minimum atomic E-state index is 0.416. The summed E-state index contributed by atoms with van der Waals surface area (Å²) in [7, 11) is 0. The van der Waals surface area contributed by atoms with E-state index in [2.05, 4.69) is 59.4 Å². The summed E-state index contributed by atoms with van der Waals surface area (Å²) in [6.45, 7) is 7.75. The summed E-state index contributed by atoms with van der Waals surface area (Å²) >= 11 is 3.63. The Hall–Kier alpha value is -0.380. The van der Waals surface area contributed by atoms with Gasteiger partial charge in [-0.2, -0.15) is 0 Å². The van der Waals surface area contributed by atoms with Crippen LogP contribution in [-0.4, -0.2) is 25.8 Å². The van der Waals surface area contributed by atoms with Gasteiger partial charge in [0.2, 0.25) is 0 Å². The summed E-state index contributed by atoms with van der Waals surface area (Å²) in [5.41, 5.74) is 1.89. The first-order chi connectivity index (χ1) is 10.1. The van der Waals surface area contributed by atoms with Crippen molar-refractivity contribution in [2.75, 3.05) is 19.7 Å². The van der Waals surface area contributed by atoms with Crippen molar-refractivity contribution < 1.29 is 4.74 Å². The minimum Gasteiger partial charge on any atom is -0.378 e. The lowest BCUT2D eigenvalue weighted by Gasteiger charge is -2.50. The molecule has 3 atom stereocenters. The highest BCUT2D eigenvalue weighted by molar-refractivity contribution is 9.10. The molecule has 2 aliphatic heterocycles. The zero-order chi connectivity index (χ0) is 14.9. The van der Waals surface area contributed by atoms with Gasteiger partial charge >= 0.3 is 0 Å². The van der Waals surface area contributed by atoms with Crippen molar-refractivity contribution in [3.63, 3.8) is 0 Å². The van der Waals surface area contributed by atoms with E-state index in [1.807, 2.05) is 0 Å². The SMILES string of the molecule is CC(C)C1CC2(CCNCC2c2cccc(Br)c2)CCO1. The van der Waals surface area contributed by atoms with Gasteiger partial charge in [0.15, 0.2) is 0 Å². The zero-order valence-electron chi connectivity index (χ0n) is 13.1.